The van der Waals surface area contributed by atoms with Gasteiger partial charge in [0.15, 0.2) is 0 Å². The summed E-state index contributed by atoms with van der Waals surface area (Å²) in [5, 5.41) is 5.65. The van der Waals surface area contributed by atoms with Crippen LogP contribution in [-0.4, -0.2) is 60.9 Å². The summed E-state index contributed by atoms with van der Waals surface area (Å²) in [5.74, 6) is -0.585. The predicted octanol–water partition coefficient (Wildman–Crippen LogP) is 2.33. The highest BCUT2D eigenvalue weighted by atomic mass is 19.1. The second-order valence-electron chi connectivity index (χ2n) is 6.97. The van der Waals surface area contributed by atoms with Crippen molar-refractivity contribution in [3.8, 4) is 0 Å². The van der Waals surface area contributed by atoms with Crippen LogP contribution in [0.4, 0.5) is 15.8 Å². The molecule has 0 bridgehead atoms. The number of nitrogens with zero attached hydrogens (tertiary/aromatic N) is 2. The van der Waals surface area contributed by atoms with Crippen LogP contribution in [0, 0.1) is 12.7 Å². The maximum Gasteiger partial charge on any atom is 0.238 e. The summed E-state index contributed by atoms with van der Waals surface area (Å²) in [7, 11) is 0. The number of halogens is 1. The van der Waals surface area contributed by atoms with Gasteiger partial charge in [0.05, 0.1) is 13.1 Å². The zero-order valence-electron chi connectivity index (χ0n) is 16.0. The Morgan fingerprint density at radius 2 is 1.50 bits per heavy atom. The van der Waals surface area contributed by atoms with Gasteiger partial charge in [0.25, 0.3) is 0 Å². The molecule has 0 radical (unpaired) electrons. The topological polar surface area (TPSA) is 64.7 Å². The molecule has 1 fully saturated rings. The molecule has 1 aliphatic heterocycles. The summed E-state index contributed by atoms with van der Waals surface area (Å²) < 4.78 is 13.2. The highest BCUT2D eigenvalue weighted by Gasteiger charge is 2.20. The summed E-state index contributed by atoms with van der Waals surface area (Å²) in [4.78, 5) is 28.5. The Balaban J connectivity index is 1.40. The third kappa shape index (κ3) is 5.87. The third-order valence-electron chi connectivity index (χ3n) is 4.73. The Morgan fingerprint density at radius 3 is 2.11 bits per heavy atom. The fraction of sp³-hybridized carbons (Fsp3) is 0.333. The van der Waals surface area contributed by atoms with Gasteiger partial charge >= 0.3 is 0 Å². The molecule has 2 aromatic carbocycles. The standard InChI is InChI=1S/C21H25FN4O2/c1-16-5-2-3-8-19(16)24-21(28)15-26-11-9-25(10-12-26)14-20(27)23-18-7-4-6-17(22)13-18/h2-8,13H,9-12,14-15H2,1H3,(H,23,27)(H,24,28). The lowest BCUT2D eigenvalue weighted by atomic mass is 10.2. The van der Waals surface area contributed by atoms with Crippen molar-refractivity contribution in [1.29, 1.82) is 0 Å². The zero-order chi connectivity index (χ0) is 19.9. The molecule has 0 aromatic heterocycles. The molecule has 2 N–H and O–H groups in total. The second kappa shape index (κ2) is 9.43. The lowest BCUT2D eigenvalue weighted by Gasteiger charge is -2.33. The average molecular weight is 384 g/mol. The Hall–Kier alpha value is -2.77. The highest BCUT2D eigenvalue weighted by molar-refractivity contribution is 5.93. The van der Waals surface area contributed by atoms with Crippen molar-refractivity contribution in [2.24, 2.45) is 0 Å². The molecule has 148 valence electrons. The minimum absolute atomic E-state index is 0.0356. The van der Waals surface area contributed by atoms with Crippen LogP contribution in [0.1, 0.15) is 5.56 Å². The Kier molecular flexibility index (Phi) is 6.73. The Morgan fingerprint density at radius 1 is 0.893 bits per heavy atom. The van der Waals surface area contributed by atoms with Crippen LogP contribution >= 0.6 is 0 Å². The highest BCUT2D eigenvalue weighted by Crippen LogP contribution is 2.13. The SMILES string of the molecule is Cc1ccccc1NC(=O)CN1CCN(CC(=O)Nc2cccc(F)c2)CC1. The number of anilines is 2. The first-order valence-electron chi connectivity index (χ1n) is 9.35. The minimum atomic E-state index is -0.379. The van der Waals surface area contributed by atoms with Crippen LogP contribution in [0.2, 0.25) is 0 Å². The largest absolute Gasteiger partial charge is 0.325 e. The van der Waals surface area contributed by atoms with Gasteiger partial charge in [-0.05, 0) is 36.8 Å². The summed E-state index contributed by atoms with van der Waals surface area (Å²) in [5.41, 5.74) is 2.32. The molecule has 0 atom stereocenters. The first kappa shape index (κ1) is 20.0. The zero-order valence-corrected chi connectivity index (χ0v) is 16.0. The van der Waals surface area contributed by atoms with Gasteiger partial charge in [0, 0.05) is 37.6 Å². The average Bonchev–Trinajstić information content (AvgIpc) is 2.65. The molecule has 0 aliphatic carbocycles. The van der Waals surface area contributed by atoms with Gasteiger partial charge < -0.3 is 10.6 Å². The van der Waals surface area contributed by atoms with E-state index in [2.05, 4.69) is 15.5 Å². The number of carbonyl (C=O) groups is 2. The van der Waals surface area contributed by atoms with Gasteiger partial charge in [0.2, 0.25) is 11.8 Å². The van der Waals surface area contributed by atoms with Crippen molar-refractivity contribution >= 4 is 23.2 Å². The molecule has 0 saturated carbocycles. The lowest BCUT2D eigenvalue weighted by Crippen LogP contribution is -2.50. The monoisotopic (exact) mass is 384 g/mol. The fourth-order valence-electron chi connectivity index (χ4n) is 3.18. The fourth-order valence-corrected chi connectivity index (χ4v) is 3.18. The molecule has 6 nitrogen and oxygen atoms in total. The van der Waals surface area contributed by atoms with Crippen LogP contribution in [-0.2, 0) is 9.59 Å². The van der Waals surface area contributed by atoms with Gasteiger partial charge in [-0.3, -0.25) is 19.4 Å². The molecule has 2 amide bonds. The summed E-state index contributed by atoms with van der Waals surface area (Å²) in [6.07, 6.45) is 0. The molecule has 28 heavy (non-hydrogen) atoms. The van der Waals surface area contributed by atoms with Crippen LogP contribution in [0.15, 0.2) is 48.5 Å². The quantitative estimate of drug-likeness (QED) is 0.802. The normalized spacial score (nSPS) is 15.2. The van der Waals surface area contributed by atoms with Crippen LogP contribution in [0.5, 0.6) is 0 Å². The van der Waals surface area contributed by atoms with Gasteiger partial charge in [-0.25, -0.2) is 4.39 Å². The number of aryl methyl sites for hydroxylation is 1. The molecule has 1 heterocycles. The molecule has 0 spiro atoms. The van der Waals surface area contributed by atoms with E-state index in [0.29, 0.717) is 38.4 Å². The Labute approximate surface area is 164 Å². The smallest absolute Gasteiger partial charge is 0.238 e. The molecular weight excluding hydrogens is 359 g/mol. The predicted molar refractivity (Wildman–Crippen MR) is 108 cm³/mol. The van der Waals surface area contributed by atoms with Gasteiger partial charge in [-0.1, -0.05) is 24.3 Å². The van der Waals surface area contributed by atoms with Crippen molar-refractivity contribution in [2.75, 3.05) is 49.9 Å². The van der Waals surface area contributed by atoms with E-state index in [1.807, 2.05) is 36.1 Å². The van der Waals surface area contributed by atoms with Crippen molar-refractivity contribution < 1.29 is 14.0 Å². The summed E-state index contributed by atoms with van der Waals surface area (Å²) >= 11 is 0. The molecule has 0 unspecified atom stereocenters. The van der Waals surface area contributed by atoms with Crippen molar-refractivity contribution in [3.63, 3.8) is 0 Å². The number of amides is 2. The first-order chi connectivity index (χ1) is 13.5. The van der Waals surface area contributed by atoms with E-state index in [1.54, 1.807) is 12.1 Å². The van der Waals surface area contributed by atoms with Crippen LogP contribution in [0.25, 0.3) is 0 Å². The van der Waals surface area contributed by atoms with E-state index in [4.69, 9.17) is 0 Å². The summed E-state index contributed by atoms with van der Waals surface area (Å²) in [6, 6.07) is 13.5. The minimum Gasteiger partial charge on any atom is -0.325 e. The number of benzene rings is 2. The molecule has 7 heteroatoms. The van der Waals surface area contributed by atoms with Crippen molar-refractivity contribution in [2.45, 2.75) is 6.92 Å². The van der Waals surface area contributed by atoms with E-state index < -0.39 is 0 Å². The Bertz CT molecular complexity index is 835. The van der Waals surface area contributed by atoms with Crippen molar-refractivity contribution in [1.82, 2.24) is 9.80 Å². The van der Waals surface area contributed by atoms with E-state index in [-0.39, 0.29) is 24.2 Å². The van der Waals surface area contributed by atoms with Gasteiger partial charge in [-0.2, -0.15) is 0 Å². The van der Waals surface area contributed by atoms with Gasteiger partial charge in [0.1, 0.15) is 5.82 Å². The molecule has 1 saturated heterocycles. The van der Waals surface area contributed by atoms with E-state index in [0.717, 1.165) is 11.3 Å². The van der Waals surface area contributed by atoms with Crippen LogP contribution < -0.4 is 10.6 Å². The van der Waals surface area contributed by atoms with Crippen molar-refractivity contribution in [3.05, 3.63) is 59.9 Å². The van der Waals surface area contributed by atoms with E-state index in [9.17, 15) is 14.0 Å². The number of nitrogens with one attached hydrogen (secondary N) is 2. The lowest BCUT2D eigenvalue weighted by molar-refractivity contribution is -0.120. The maximum absolute atomic E-state index is 13.2. The first-order valence-corrected chi connectivity index (χ1v) is 9.35. The molecular formula is C21H25FN4O2. The molecule has 2 aromatic rings. The summed E-state index contributed by atoms with van der Waals surface area (Å²) in [6.45, 7) is 5.38. The van der Waals surface area contributed by atoms with Crippen LogP contribution in [0.3, 0.4) is 0 Å². The number of piperazine rings is 1. The maximum atomic E-state index is 13.2. The second-order valence-corrected chi connectivity index (χ2v) is 6.97. The third-order valence-corrected chi connectivity index (χ3v) is 4.73. The number of rotatable bonds is 6. The van der Waals surface area contributed by atoms with E-state index in [1.165, 1.54) is 12.1 Å². The number of para-hydroxylation sites is 1. The molecule has 3 rings (SSSR count). The molecule has 1 aliphatic rings. The van der Waals surface area contributed by atoms with Gasteiger partial charge in [-0.15, -0.1) is 0 Å². The number of hydrogen-bond donors (Lipinski definition) is 2. The number of carbonyl (C=O) groups excluding carboxylic acids is 2. The van der Waals surface area contributed by atoms with E-state index >= 15 is 0 Å². The number of hydrogen-bond acceptors (Lipinski definition) is 4.